The molecule has 1 aromatic heterocycles. The van der Waals surface area contributed by atoms with Gasteiger partial charge in [0.2, 0.25) is 0 Å². The van der Waals surface area contributed by atoms with Gasteiger partial charge in [-0.2, -0.15) is 0 Å². The van der Waals surface area contributed by atoms with Crippen LogP contribution in [0.3, 0.4) is 0 Å². The Morgan fingerprint density at radius 2 is 2.50 bits per heavy atom. The fourth-order valence-electron chi connectivity index (χ4n) is 1.18. The molecule has 0 atom stereocenters. The Morgan fingerprint density at radius 1 is 1.50 bits per heavy atom. The van der Waals surface area contributed by atoms with Crippen LogP contribution in [0.5, 0.6) is 0 Å². The summed E-state index contributed by atoms with van der Waals surface area (Å²) in [7, 11) is 0. The summed E-state index contributed by atoms with van der Waals surface area (Å²) in [5.41, 5.74) is 2.44. The van der Waals surface area contributed by atoms with Crippen LogP contribution in [0, 0.1) is 6.07 Å². The van der Waals surface area contributed by atoms with Crippen LogP contribution in [0.25, 0.3) is 6.08 Å². The van der Waals surface area contributed by atoms with E-state index in [0.717, 1.165) is 12.8 Å². The van der Waals surface area contributed by atoms with Gasteiger partial charge in [0.15, 0.2) is 0 Å². The van der Waals surface area contributed by atoms with Crippen molar-refractivity contribution >= 4 is 6.08 Å². The van der Waals surface area contributed by atoms with Gasteiger partial charge in [0, 0.05) is 18.0 Å². The highest BCUT2D eigenvalue weighted by Gasteiger charge is 2.02. The number of pyridine rings is 1. The molecule has 1 aliphatic carbocycles. The summed E-state index contributed by atoms with van der Waals surface area (Å²) in [4.78, 5) is 4.21. The third kappa shape index (κ3) is 0.838. The minimum Gasteiger partial charge on any atom is -0.260 e. The Hall–Kier alpha value is -1.11. The molecule has 49 valence electrons. The standard InChI is InChI=1S/C9H8N/c1-2-6-9-8(4-1)5-3-7-10-9/h1,4-5,7H,2,6H2. The number of hydrogen-bond donors (Lipinski definition) is 0. The first-order chi connectivity index (χ1) is 4.97. The van der Waals surface area contributed by atoms with Crippen molar-refractivity contribution in [2.75, 3.05) is 0 Å². The molecule has 0 unspecified atom stereocenters. The fraction of sp³-hybridized carbons (Fsp3) is 0.222. The van der Waals surface area contributed by atoms with E-state index in [1.807, 2.05) is 6.07 Å². The summed E-state index contributed by atoms with van der Waals surface area (Å²) in [6.07, 6.45) is 8.24. The van der Waals surface area contributed by atoms with Crippen molar-refractivity contribution < 1.29 is 0 Å². The average molecular weight is 130 g/mol. The predicted molar refractivity (Wildman–Crippen MR) is 40.4 cm³/mol. The molecule has 1 aromatic rings. The van der Waals surface area contributed by atoms with Crippen LogP contribution in [0.15, 0.2) is 18.3 Å². The van der Waals surface area contributed by atoms with E-state index in [1.165, 1.54) is 11.3 Å². The largest absolute Gasteiger partial charge is 0.260 e. The molecule has 0 N–H and O–H groups in total. The van der Waals surface area contributed by atoms with Crippen LogP contribution < -0.4 is 0 Å². The van der Waals surface area contributed by atoms with Crippen LogP contribution in [0.1, 0.15) is 17.7 Å². The summed E-state index contributed by atoms with van der Waals surface area (Å²) in [5, 5.41) is 0. The average Bonchev–Trinajstić information content (AvgIpc) is 2.05. The molecule has 1 heteroatoms. The highest BCUT2D eigenvalue weighted by Crippen LogP contribution is 2.14. The minimum atomic E-state index is 1.08. The lowest BCUT2D eigenvalue weighted by molar-refractivity contribution is 0.926. The fourth-order valence-corrected chi connectivity index (χ4v) is 1.18. The van der Waals surface area contributed by atoms with Crippen molar-refractivity contribution in [3.63, 3.8) is 0 Å². The summed E-state index contributed by atoms with van der Waals surface area (Å²) in [6, 6.07) is 4.94. The number of rotatable bonds is 0. The van der Waals surface area contributed by atoms with Gasteiger partial charge in [0.05, 0.1) is 0 Å². The Labute approximate surface area is 60.4 Å². The zero-order chi connectivity index (χ0) is 6.81. The molecule has 0 fully saturated rings. The van der Waals surface area contributed by atoms with E-state index in [1.54, 1.807) is 6.20 Å². The van der Waals surface area contributed by atoms with Crippen LogP contribution >= 0.6 is 0 Å². The first-order valence-corrected chi connectivity index (χ1v) is 3.48. The molecule has 0 saturated carbocycles. The lowest BCUT2D eigenvalue weighted by Gasteiger charge is -2.06. The second-order valence-electron chi connectivity index (χ2n) is 2.41. The number of nitrogens with zero attached hydrogens (tertiary/aromatic N) is 1. The zero-order valence-electron chi connectivity index (χ0n) is 5.67. The minimum absolute atomic E-state index is 1.08. The molecular formula is C9H8N. The Kier molecular flexibility index (Phi) is 1.28. The Morgan fingerprint density at radius 3 is 3.40 bits per heavy atom. The maximum atomic E-state index is 4.21. The van der Waals surface area contributed by atoms with Crippen molar-refractivity contribution in [1.29, 1.82) is 0 Å². The second-order valence-corrected chi connectivity index (χ2v) is 2.41. The van der Waals surface area contributed by atoms with E-state index in [-0.39, 0.29) is 0 Å². The molecule has 0 bridgehead atoms. The molecule has 0 amide bonds. The highest BCUT2D eigenvalue weighted by molar-refractivity contribution is 5.53. The Bertz CT molecular complexity index is 263. The van der Waals surface area contributed by atoms with Crippen molar-refractivity contribution in [2.24, 2.45) is 0 Å². The third-order valence-electron chi connectivity index (χ3n) is 1.71. The summed E-state index contributed by atoms with van der Waals surface area (Å²) < 4.78 is 0. The van der Waals surface area contributed by atoms with Gasteiger partial charge < -0.3 is 0 Å². The SMILES string of the molecule is [c]1cnc2c(c1)C=CCC2. The zero-order valence-corrected chi connectivity index (χ0v) is 5.67. The smallest absolute Gasteiger partial charge is 0.0479 e. The van der Waals surface area contributed by atoms with Gasteiger partial charge in [-0.1, -0.05) is 12.2 Å². The lowest BCUT2D eigenvalue weighted by atomic mass is 10.0. The Balaban J connectivity index is 2.54. The molecule has 1 aliphatic rings. The molecule has 0 spiro atoms. The quantitative estimate of drug-likeness (QED) is 0.522. The lowest BCUT2D eigenvalue weighted by Crippen LogP contribution is -1.95. The molecule has 1 heterocycles. The normalized spacial score (nSPS) is 14.8. The molecular weight excluding hydrogens is 122 g/mol. The van der Waals surface area contributed by atoms with E-state index >= 15 is 0 Å². The maximum Gasteiger partial charge on any atom is 0.0479 e. The van der Waals surface area contributed by atoms with Gasteiger partial charge in [-0.05, 0) is 24.5 Å². The van der Waals surface area contributed by atoms with Crippen LogP contribution in [-0.2, 0) is 6.42 Å². The molecule has 1 radical (unpaired) electrons. The maximum absolute atomic E-state index is 4.21. The van der Waals surface area contributed by atoms with Gasteiger partial charge in [-0.3, -0.25) is 4.98 Å². The third-order valence-corrected chi connectivity index (χ3v) is 1.71. The van der Waals surface area contributed by atoms with Crippen molar-refractivity contribution in [3.8, 4) is 0 Å². The van der Waals surface area contributed by atoms with Gasteiger partial charge in [-0.15, -0.1) is 0 Å². The number of aromatic nitrogens is 1. The van der Waals surface area contributed by atoms with Gasteiger partial charge >= 0.3 is 0 Å². The van der Waals surface area contributed by atoms with Gasteiger partial charge in [0.1, 0.15) is 0 Å². The first kappa shape index (κ1) is 5.66. The van der Waals surface area contributed by atoms with Crippen molar-refractivity contribution in [2.45, 2.75) is 12.8 Å². The summed E-state index contributed by atoms with van der Waals surface area (Å²) in [5.74, 6) is 0. The number of aryl methyl sites for hydroxylation is 1. The van der Waals surface area contributed by atoms with Crippen molar-refractivity contribution in [1.82, 2.24) is 4.98 Å². The molecule has 1 nitrogen and oxygen atoms in total. The number of hydrogen-bond acceptors (Lipinski definition) is 1. The van der Waals surface area contributed by atoms with Crippen LogP contribution in [-0.4, -0.2) is 4.98 Å². The summed E-state index contributed by atoms with van der Waals surface area (Å²) in [6.45, 7) is 0. The van der Waals surface area contributed by atoms with E-state index in [2.05, 4.69) is 23.2 Å². The first-order valence-electron chi connectivity index (χ1n) is 3.48. The van der Waals surface area contributed by atoms with Gasteiger partial charge in [-0.25, -0.2) is 0 Å². The van der Waals surface area contributed by atoms with Crippen LogP contribution in [0.4, 0.5) is 0 Å². The number of allylic oxidation sites excluding steroid dienone is 1. The topological polar surface area (TPSA) is 12.9 Å². The van der Waals surface area contributed by atoms with E-state index < -0.39 is 0 Å². The monoisotopic (exact) mass is 130 g/mol. The molecule has 10 heavy (non-hydrogen) atoms. The van der Waals surface area contributed by atoms with E-state index in [9.17, 15) is 0 Å². The molecule has 0 saturated heterocycles. The number of fused-ring (bicyclic) bond motifs is 1. The molecule has 0 aliphatic heterocycles. The molecule has 0 aromatic carbocycles. The second kappa shape index (κ2) is 2.25. The predicted octanol–water partition coefficient (Wildman–Crippen LogP) is 1.84. The van der Waals surface area contributed by atoms with E-state index in [0.29, 0.717) is 0 Å². The molecule has 2 rings (SSSR count). The summed E-state index contributed by atoms with van der Waals surface area (Å²) >= 11 is 0. The van der Waals surface area contributed by atoms with Crippen LogP contribution in [0.2, 0.25) is 0 Å². The van der Waals surface area contributed by atoms with E-state index in [4.69, 9.17) is 0 Å². The van der Waals surface area contributed by atoms with Gasteiger partial charge in [0.25, 0.3) is 0 Å². The van der Waals surface area contributed by atoms with Crippen molar-refractivity contribution in [3.05, 3.63) is 35.7 Å². The highest BCUT2D eigenvalue weighted by atomic mass is 14.7.